The van der Waals surface area contributed by atoms with Crippen LogP contribution in [-0.2, 0) is 4.79 Å². The quantitative estimate of drug-likeness (QED) is 0.871. The van der Waals surface area contributed by atoms with Gasteiger partial charge in [-0.15, -0.1) is 11.3 Å². The molecule has 24 heavy (non-hydrogen) atoms. The minimum atomic E-state index is -0.233. The maximum atomic E-state index is 12.6. The summed E-state index contributed by atoms with van der Waals surface area (Å²) < 4.78 is 5.14. The molecule has 2 aromatic rings. The van der Waals surface area contributed by atoms with E-state index in [1.165, 1.54) is 0 Å². The van der Waals surface area contributed by atoms with Crippen LogP contribution in [-0.4, -0.2) is 36.9 Å². The van der Waals surface area contributed by atoms with Crippen molar-refractivity contribution < 1.29 is 14.3 Å². The average molecular weight is 346 g/mol. The zero-order valence-electron chi connectivity index (χ0n) is 14.4. The highest BCUT2D eigenvalue weighted by Gasteiger charge is 2.20. The Morgan fingerprint density at radius 1 is 1.25 bits per heavy atom. The van der Waals surface area contributed by atoms with Gasteiger partial charge in [-0.25, -0.2) is 0 Å². The predicted molar refractivity (Wildman–Crippen MR) is 97.0 cm³/mol. The third kappa shape index (κ3) is 4.35. The molecule has 1 N–H and O–H groups in total. The summed E-state index contributed by atoms with van der Waals surface area (Å²) in [6.07, 6.45) is 0. The van der Waals surface area contributed by atoms with E-state index < -0.39 is 0 Å². The Labute approximate surface area is 146 Å². The third-order valence-corrected chi connectivity index (χ3v) is 4.59. The fraction of sp³-hybridized carbons (Fsp3) is 0.333. The standard InChI is InChI=1S/C18H22N2O3S/c1-5-20(18(22)16-9-12(2)24-13(16)3)11-17(21)19-14-7-6-8-15(10-14)23-4/h6-10H,5,11H2,1-4H3,(H,19,21). The van der Waals surface area contributed by atoms with Crippen LogP contribution in [0, 0.1) is 13.8 Å². The summed E-state index contributed by atoms with van der Waals surface area (Å²) >= 11 is 1.59. The average Bonchev–Trinajstić information content (AvgIpc) is 2.90. The molecule has 0 radical (unpaired) electrons. The molecule has 128 valence electrons. The van der Waals surface area contributed by atoms with E-state index in [0.717, 1.165) is 9.75 Å². The first-order valence-corrected chi connectivity index (χ1v) is 8.56. The van der Waals surface area contributed by atoms with Gasteiger partial charge in [0.15, 0.2) is 0 Å². The van der Waals surface area contributed by atoms with Gasteiger partial charge in [0.1, 0.15) is 12.3 Å². The zero-order valence-corrected chi connectivity index (χ0v) is 15.2. The molecule has 0 atom stereocenters. The lowest BCUT2D eigenvalue weighted by atomic mass is 10.2. The lowest BCUT2D eigenvalue weighted by molar-refractivity contribution is -0.116. The molecule has 0 aliphatic carbocycles. The maximum absolute atomic E-state index is 12.6. The Hall–Kier alpha value is -2.34. The van der Waals surface area contributed by atoms with E-state index in [-0.39, 0.29) is 18.4 Å². The number of amides is 2. The number of anilines is 1. The topological polar surface area (TPSA) is 58.6 Å². The lowest BCUT2D eigenvalue weighted by Gasteiger charge is -2.20. The van der Waals surface area contributed by atoms with Gasteiger partial charge in [-0.3, -0.25) is 9.59 Å². The number of hydrogen-bond donors (Lipinski definition) is 1. The molecule has 0 aliphatic rings. The maximum Gasteiger partial charge on any atom is 0.255 e. The van der Waals surface area contributed by atoms with Gasteiger partial charge in [0.2, 0.25) is 5.91 Å². The van der Waals surface area contributed by atoms with E-state index in [4.69, 9.17) is 4.74 Å². The highest BCUT2D eigenvalue weighted by molar-refractivity contribution is 7.12. The van der Waals surface area contributed by atoms with Crippen LogP contribution >= 0.6 is 11.3 Å². The van der Waals surface area contributed by atoms with Crippen molar-refractivity contribution in [2.45, 2.75) is 20.8 Å². The third-order valence-electron chi connectivity index (χ3n) is 3.63. The Kier molecular flexibility index (Phi) is 5.98. The predicted octanol–water partition coefficient (Wildman–Crippen LogP) is 3.47. The minimum absolute atomic E-state index is 0.0148. The molecule has 0 saturated heterocycles. The van der Waals surface area contributed by atoms with Gasteiger partial charge >= 0.3 is 0 Å². The van der Waals surface area contributed by atoms with Crippen LogP contribution in [0.5, 0.6) is 5.75 Å². The molecule has 0 bridgehead atoms. The Morgan fingerprint density at radius 3 is 2.58 bits per heavy atom. The molecular weight excluding hydrogens is 324 g/mol. The molecule has 6 heteroatoms. The van der Waals surface area contributed by atoms with E-state index in [1.54, 1.807) is 47.6 Å². The smallest absolute Gasteiger partial charge is 0.255 e. The summed E-state index contributed by atoms with van der Waals surface area (Å²) in [6, 6.07) is 9.01. The van der Waals surface area contributed by atoms with Gasteiger partial charge in [-0.2, -0.15) is 0 Å². The molecule has 1 aromatic heterocycles. The fourth-order valence-corrected chi connectivity index (χ4v) is 3.33. The number of aryl methyl sites for hydroxylation is 2. The summed E-state index contributed by atoms with van der Waals surface area (Å²) in [5, 5.41) is 2.80. The number of thiophene rings is 1. The molecule has 5 nitrogen and oxygen atoms in total. The van der Waals surface area contributed by atoms with Crippen LogP contribution in [0.25, 0.3) is 0 Å². The lowest BCUT2D eigenvalue weighted by Crippen LogP contribution is -2.38. The summed E-state index contributed by atoms with van der Waals surface area (Å²) in [5.41, 5.74) is 1.32. The molecule has 0 spiro atoms. The van der Waals surface area contributed by atoms with Crippen molar-refractivity contribution in [2.24, 2.45) is 0 Å². The molecule has 0 unspecified atom stereocenters. The van der Waals surface area contributed by atoms with Gasteiger partial charge in [0.25, 0.3) is 5.91 Å². The molecule has 0 saturated carbocycles. The Balaban J connectivity index is 2.05. The summed E-state index contributed by atoms with van der Waals surface area (Å²) in [4.78, 5) is 28.5. The summed E-state index contributed by atoms with van der Waals surface area (Å²) in [6.45, 7) is 6.25. The van der Waals surface area contributed by atoms with Crippen molar-refractivity contribution in [1.82, 2.24) is 4.90 Å². The van der Waals surface area contributed by atoms with Crippen molar-refractivity contribution in [2.75, 3.05) is 25.5 Å². The summed E-state index contributed by atoms with van der Waals surface area (Å²) in [7, 11) is 1.57. The van der Waals surface area contributed by atoms with Gasteiger partial charge in [-0.05, 0) is 39.0 Å². The number of methoxy groups -OCH3 is 1. The van der Waals surface area contributed by atoms with Gasteiger partial charge in [-0.1, -0.05) is 6.07 Å². The number of ether oxygens (including phenoxy) is 1. The molecule has 1 heterocycles. The largest absolute Gasteiger partial charge is 0.497 e. The second-order valence-electron chi connectivity index (χ2n) is 5.43. The number of carbonyl (C=O) groups is 2. The monoisotopic (exact) mass is 346 g/mol. The van der Waals surface area contributed by atoms with Crippen molar-refractivity contribution >= 4 is 28.8 Å². The molecule has 1 aromatic carbocycles. The van der Waals surface area contributed by atoms with Crippen molar-refractivity contribution in [1.29, 1.82) is 0 Å². The van der Waals surface area contributed by atoms with Crippen molar-refractivity contribution in [3.05, 3.63) is 45.6 Å². The summed E-state index contributed by atoms with van der Waals surface area (Å²) in [5.74, 6) is 0.323. The SMILES string of the molecule is CCN(CC(=O)Nc1cccc(OC)c1)C(=O)c1cc(C)sc1C. The molecule has 2 amide bonds. The van der Waals surface area contributed by atoms with Gasteiger partial charge in [0.05, 0.1) is 12.7 Å². The second-order valence-corrected chi connectivity index (χ2v) is 6.89. The van der Waals surface area contributed by atoms with Crippen LogP contribution < -0.4 is 10.1 Å². The number of likely N-dealkylation sites (N-methyl/N-ethyl adjacent to an activating group) is 1. The molecule has 0 fully saturated rings. The van der Waals surface area contributed by atoms with E-state index in [0.29, 0.717) is 23.5 Å². The van der Waals surface area contributed by atoms with Crippen LogP contribution in [0.4, 0.5) is 5.69 Å². The number of rotatable bonds is 6. The van der Waals surface area contributed by atoms with Crippen molar-refractivity contribution in [3.8, 4) is 5.75 Å². The first kappa shape index (κ1) is 18.0. The molecule has 0 aliphatic heterocycles. The van der Waals surface area contributed by atoms with E-state index in [1.807, 2.05) is 26.8 Å². The Morgan fingerprint density at radius 2 is 2.00 bits per heavy atom. The number of nitrogens with one attached hydrogen (secondary N) is 1. The number of nitrogens with zero attached hydrogens (tertiary/aromatic N) is 1. The number of benzene rings is 1. The van der Waals surface area contributed by atoms with Crippen molar-refractivity contribution in [3.63, 3.8) is 0 Å². The fourth-order valence-electron chi connectivity index (χ4n) is 2.42. The van der Waals surface area contributed by atoms with Gasteiger partial charge < -0.3 is 15.0 Å². The van der Waals surface area contributed by atoms with Crippen LogP contribution in [0.1, 0.15) is 27.0 Å². The van der Waals surface area contributed by atoms with E-state index in [9.17, 15) is 9.59 Å². The molecular formula is C18H22N2O3S. The van der Waals surface area contributed by atoms with Gasteiger partial charge in [0, 0.05) is 28.1 Å². The van der Waals surface area contributed by atoms with Crippen LogP contribution in [0.3, 0.4) is 0 Å². The highest BCUT2D eigenvalue weighted by atomic mass is 32.1. The zero-order chi connectivity index (χ0) is 17.7. The second kappa shape index (κ2) is 7.97. The highest BCUT2D eigenvalue weighted by Crippen LogP contribution is 2.22. The van der Waals surface area contributed by atoms with Crippen LogP contribution in [0.2, 0.25) is 0 Å². The minimum Gasteiger partial charge on any atom is -0.497 e. The first-order valence-electron chi connectivity index (χ1n) is 7.74. The van der Waals surface area contributed by atoms with E-state index in [2.05, 4.69) is 5.32 Å². The van der Waals surface area contributed by atoms with Crippen LogP contribution in [0.15, 0.2) is 30.3 Å². The van der Waals surface area contributed by atoms with E-state index >= 15 is 0 Å². The number of hydrogen-bond acceptors (Lipinski definition) is 4. The number of carbonyl (C=O) groups excluding carboxylic acids is 2. The first-order chi connectivity index (χ1) is 11.4. The molecule has 2 rings (SSSR count). The normalized spacial score (nSPS) is 10.3. The Bertz CT molecular complexity index is 740.